The Balaban J connectivity index is 0.00000420. The summed E-state index contributed by atoms with van der Waals surface area (Å²) >= 11 is 0. The monoisotopic (exact) mass is 535 g/mol. The zero-order valence-electron chi connectivity index (χ0n) is 17.2. The Kier molecular flexibility index (Phi) is 10.5. The lowest BCUT2D eigenvalue weighted by Crippen LogP contribution is -2.37. The quantitative estimate of drug-likeness (QED) is 0.255. The summed E-state index contributed by atoms with van der Waals surface area (Å²) < 4.78 is 28.9. The minimum Gasteiger partial charge on any atom is -0.357 e. The number of halogens is 1. The van der Waals surface area contributed by atoms with Crippen molar-refractivity contribution < 1.29 is 8.42 Å². The molecule has 2 aromatic rings. The van der Waals surface area contributed by atoms with Crippen LogP contribution in [0.5, 0.6) is 0 Å². The highest BCUT2D eigenvalue weighted by atomic mass is 127. The third kappa shape index (κ3) is 8.66. The number of hydrogen-bond acceptors (Lipinski definition) is 5. The minimum absolute atomic E-state index is 0. The van der Waals surface area contributed by atoms with Gasteiger partial charge in [-0.25, -0.2) is 23.1 Å². The second kappa shape index (κ2) is 12.1. The Morgan fingerprint density at radius 1 is 1.21 bits per heavy atom. The van der Waals surface area contributed by atoms with E-state index in [4.69, 9.17) is 0 Å². The Morgan fingerprint density at radius 3 is 2.48 bits per heavy atom. The van der Waals surface area contributed by atoms with E-state index in [2.05, 4.69) is 30.4 Å². The third-order valence-corrected chi connectivity index (χ3v) is 5.37. The lowest BCUT2D eigenvalue weighted by Gasteiger charge is -2.13. The van der Waals surface area contributed by atoms with Crippen LogP contribution in [0, 0.1) is 0 Å². The van der Waals surface area contributed by atoms with Crippen molar-refractivity contribution in [1.82, 2.24) is 30.1 Å². The number of nitrogens with one attached hydrogen (secondary N) is 3. The van der Waals surface area contributed by atoms with Crippen molar-refractivity contribution in [3.8, 4) is 0 Å². The van der Waals surface area contributed by atoms with Crippen LogP contribution in [-0.4, -0.2) is 41.7 Å². The van der Waals surface area contributed by atoms with E-state index >= 15 is 0 Å². The lowest BCUT2D eigenvalue weighted by atomic mass is 10.1. The molecule has 2 rings (SSSR count). The van der Waals surface area contributed by atoms with Gasteiger partial charge in [-0.3, -0.25) is 4.68 Å². The van der Waals surface area contributed by atoms with E-state index in [0.29, 0.717) is 25.6 Å². The highest BCUT2D eigenvalue weighted by molar-refractivity contribution is 14.0. The Morgan fingerprint density at radius 2 is 1.90 bits per heavy atom. The first kappa shape index (κ1) is 25.3. The summed E-state index contributed by atoms with van der Waals surface area (Å²) in [5.74, 6) is 1.35. The summed E-state index contributed by atoms with van der Waals surface area (Å²) in [7, 11) is -1.57. The van der Waals surface area contributed by atoms with Crippen LogP contribution < -0.4 is 15.4 Å². The summed E-state index contributed by atoms with van der Waals surface area (Å²) in [4.78, 5) is 8.76. The molecule has 3 N–H and O–H groups in total. The summed E-state index contributed by atoms with van der Waals surface area (Å²) in [6, 6.07) is 7.31. The molecule has 0 aliphatic rings. The van der Waals surface area contributed by atoms with E-state index in [0.717, 1.165) is 17.0 Å². The number of aryl methyl sites for hydroxylation is 1. The van der Waals surface area contributed by atoms with Crippen molar-refractivity contribution in [3.05, 3.63) is 47.5 Å². The summed E-state index contributed by atoms with van der Waals surface area (Å²) in [5.41, 5.74) is 1.61. The topological polar surface area (TPSA) is 113 Å². The molecule has 0 aliphatic carbocycles. The van der Waals surface area contributed by atoms with Crippen molar-refractivity contribution in [1.29, 1.82) is 0 Å². The van der Waals surface area contributed by atoms with Crippen molar-refractivity contribution in [2.45, 2.75) is 45.7 Å². The molecule has 0 unspecified atom stereocenters. The van der Waals surface area contributed by atoms with Gasteiger partial charge in [0.05, 0.1) is 18.8 Å². The number of nitrogens with zero attached hydrogens (tertiary/aromatic N) is 4. The summed E-state index contributed by atoms with van der Waals surface area (Å²) in [5, 5.41) is 10.4. The molecule has 9 nitrogen and oxygen atoms in total. The maximum atomic E-state index is 12.3. The SMILES string of the molecule is CCNC(=NCc1ccccc1CS(=O)(=O)NC(C)C)NCc1ncnn1C.I. The first-order chi connectivity index (χ1) is 13.3. The number of aliphatic imine (C=N–C) groups is 1. The Hall–Kier alpha value is -1.73. The average molecular weight is 535 g/mol. The predicted octanol–water partition coefficient (Wildman–Crippen LogP) is 1.52. The van der Waals surface area contributed by atoms with E-state index in [9.17, 15) is 8.42 Å². The molecule has 1 heterocycles. The van der Waals surface area contributed by atoms with Crippen LogP contribution in [-0.2, 0) is 35.9 Å². The lowest BCUT2D eigenvalue weighted by molar-refractivity contribution is 0.569. The fourth-order valence-electron chi connectivity index (χ4n) is 2.61. The Labute approximate surface area is 189 Å². The van der Waals surface area contributed by atoms with Crippen LogP contribution in [0.3, 0.4) is 0 Å². The minimum atomic E-state index is -3.40. The molecule has 0 saturated heterocycles. The van der Waals surface area contributed by atoms with Gasteiger partial charge in [-0.1, -0.05) is 24.3 Å². The number of hydrogen-bond donors (Lipinski definition) is 3. The number of sulfonamides is 1. The second-order valence-electron chi connectivity index (χ2n) is 6.65. The van der Waals surface area contributed by atoms with E-state index < -0.39 is 10.0 Å². The molecule has 0 radical (unpaired) electrons. The van der Waals surface area contributed by atoms with Gasteiger partial charge in [0.2, 0.25) is 10.0 Å². The number of benzene rings is 1. The molecule has 0 amide bonds. The number of rotatable bonds is 9. The number of aromatic nitrogens is 3. The van der Waals surface area contributed by atoms with E-state index in [1.54, 1.807) is 18.5 Å². The summed E-state index contributed by atoms with van der Waals surface area (Å²) in [6.45, 7) is 7.15. The molecule has 0 saturated carbocycles. The molecule has 0 atom stereocenters. The molecular formula is C18H30IN7O2S. The van der Waals surface area contributed by atoms with Gasteiger partial charge in [0.15, 0.2) is 5.96 Å². The highest BCUT2D eigenvalue weighted by Gasteiger charge is 2.15. The van der Waals surface area contributed by atoms with Crippen molar-refractivity contribution in [2.75, 3.05) is 6.54 Å². The largest absolute Gasteiger partial charge is 0.357 e. The average Bonchev–Trinajstić information content (AvgIpc) is 3.02. The number of guanidine groups is 1. The van der Waals surface area contributed by atoms with Crippen LogP contribution >= 0.6 is 24.0 Å². The molecular weight excluding hydrogens is 505 g/mol. The maximum absolute atomic E-state index is 12.3. The van der Waals surface area contributed by atoms with Gasteiger partial charge in [0, 0.05) is 19.6 Å². The molecule has 0 spiro atoms. The van der Waals surface area contributed by atoms with Gasteiger partial charge < -0.3 is 10.6 Å². The third-order valence-electron chi connectivity index (χ3n) is 3.85. The van der Waals surface area contributed by atoms with Gasteiger partial charge in [-0.2, -0.15) is 5.10 Å². The fraction of sp³-hybridized carbons (Fsp3) is 0.500. The standard InChI is InChI=1S/C18H29N7O2S.HI/c1-5-19-18(21-11-17-22-13-23-25(17)4)20-10-15-8-6-7-9-16(15)12-28(26,27)24-14(2)3;/h6-9,13-14,24H,5,10-12H2,1-4H3,(H2,19,20,21);1H. The van der Waals surface area contributed by atoms with Crippen LogP contribution in [0.1, 0.15) is 37.7 Å². The van der Waals surface area contributed by atoms with Gasteiger partial charge in [-0.15, -0.1) is 24.0 Å². The van der Waals surface area contributed by atoms with Gasteiger partial charge in [0.1, 0.15) is 12.2 Å². The second-order valence-corrected chi connectivity index (χ2v) is 8.40. The fourth-order valence-corrected chi connectivity index (χ4v) is 4.10. The molecule has 29 heavy (non-hydrogen) atoms. The molecule has 1 aromatic heterocycles. The van der Waals surface area contributed by atoms with Crippen LogP contribution in [0.4, 0.5) is 0 Å². The first-order valence-corrected chi connectivity index (χ1v) is 10.9. The van der Waals surface area contributed by atoms with Crippen molar-refractivity contribution >= 4 is 40.0 Å². The highest BCUT2D eigenvalue weighted by Crippen LogP contribution is 2.13. The predicted molar refractivity (Wildman–Crippen MR) is 125 cm³/mol. The van der Waals surface area contributed by atoms with Crippen LogP contribution in [0.2, 0.25) is 0 Å². The van der Waals surface area contributed by atoms with Gasteiger partial charge in [-0.05, 0) is 31.9 Å². The Bertz CT molecular complexity index is 897. The van der Waals surface area contributed by atoms with E-state index in [1.807, 2.05) is 38.2 Å². The van der Waals surface area contributed by atoms with E-state index in [-0.39, 0.29) is 35.8 Å². The van der Waals surface area contributed by atoms with Gasteiger partial charge >= 0.3 is 0 Å². The van der Waals surface area contributed by atoms with E-state index in [1.165, 1.54) is 6.33 Å². The summed E-state index contributed by atoms with van der Waals surface area (Å²) in [6.07, 6.45) is 1.50. The molecule has 0 fully saturated rings. The zero-order valence-corrected chi connectivity index (χ0v) is 20.4. The normalized spacial score (nSPS) is 12.0. The molecule has 0 aliphatic heterocycles. The molecule has 162 valence electrons. The van der Waals surface area contributed by atoms with Crippen molar-refractivity contribution in [2.24, 2.45) is 12.0 Å². The first-order valence-electron chi connectivity index (χ1n) is 9.22. The van der Waals surface area contributed by atoms with Gasteiger partial charge in [0.25, 0.3) is 0 Å². The molecule has 11 heteroatoms. The van der Waals surface area contributed by atoms with Crippen molar-refractivity contribution in [3.63, 3.8) is 0 Å². The maximum Gasteiger partial charge on any atom is 0.216 e. The molecule has 0 bridgehead atoms. The van der Waals surface area contributed by atoms with Crippen LogP contribution in [0.25, 0.3) is 0 Å². The smallest absolute Gasteiger partial charge is 0.216 e. The molecule has 1 aromatic carbocycles. The van der Waals surface area contributed by atoms with Crippen LogP contribution in [0.15, 0.2) is 35.6 Å². The zero-order chi connectivity index (χ0) is 20.6.